The lowest BCUT2D eigenvalue weighted by Gasteiger charge is -2.04. The van der Waals surface area contributed by atoms with Crippen LogP contribution in [0.25, 0.3) is 20.9 Å². The van der Waals surface area contributed by atoms with Crippen molar-refractivity contribution in [2.24, 2.45) is 7.05 Å². The second-order valence-electron chi connectivity index (χ2n) is 6.48. The molecule has 0 atom stereocenters. The number of aromatic amines is 1. The predicted octanol–water partition coefficient (Wildman–Crippen LogP) is 2.64. The van der Waals surface area contributed by atoms with E-state index in [-0.39, 0.29) is 22.2 Å². The number of hydrogen-bond donors (Lipinski definition) is 1. The third kappa shape index (κ3) is 4.18. The summed E-state index contributed by atoms with van der Waals surface area (Å²) in [7, 11) is 4.35. The molecule has 0 aromatic carbocycles. The molecule has 4 aromatic rings. The van der Waals surface area contributed by atoms with Crippen molar-refractivity contribution in [3.63, 3.8) is 0 Å². The molecule has 4 rings (SSSR count). The number of esters is 2. The summed E-state index contributed by atoms with van der Waals surface area (Å²) in [5.41, 5.74) is -0.182. The van der Waals surface area contributed by atoms with Gasteiger partial charge in [-0.15, -0.1) is 32.9 Å². The summed E-state index contributed by atoms with van der Waals surface area (Å²) in [5.74, 6) is 0.294. The smallest absolute Gasteiger partial charge is 0.348 e. The summed E-state index contributed by atoms with van der Waals surface area (Å²) in [6, 6.07) is 3.92. The Labute approximate surface area is 193 Å². The standard InChI is InChI=1S/C19H17N5O5S3/c1-24-15(10-5-4-6-30-10)22-23-19(24)31-8-11-20-16(26)13-9(7-12(25)28-2)14(18(27)29-3)32-17(13)21-11/h4-6H,7-8H2,1-3H3,(H,20,21,26). The number of rotatable bonds is 7. The van der Waals surface area contributed by atoms with E-state index in [2.05, 4.69) is 20.2 Å². The highest BCUT2D eigenvalue weighted by molar-refractivity contribution is 7.98. The maximum Gasteiger partial charge on any atom is 0.348 e. The van der Waals surface area contributed by atoms with Crippen molar-refractivity contribution < 1.29 is 19.1 Å². The molecule has 166 valence electrons. The summed E-state index contributed by atoms with van der Waals surface area (Å²) in [6.07, 6.45) is -0.232. The number of nitrogens with zero attached hydrogens (tertiary/aromatic N) is 4. The Morgan fingerprint density at radius 2 is 2.06 bits per heavy atom. The first-order chi connectivity index (χ1) is 15.4. The molecule has 0 aliphatic heterocycles. The molecule has 0 saturated heterocycles. The molecule has 13 heteroatoms. The Morgan fingerprint density at radius 1 is 1.25 bits per heavy atom. The molecule has 10 nitrogen and oxygen atoms in total. The van der Waals surface area contributed by atoms with Crippen molar-refractivity contribution in [2.75, 3.05) is 14.2 Å². The number of ether oxygens (including phenoxy) is 2. The van der Waals surface area contributed by atoms with Gasteiger partial charge in [-0.05, 0) is 11.4 Å². The molecule has 0 bridgehead atoms. The zero-order valence-corrected chi connectivity index (χ0v) is 19.7. The van der Waals surface area contributed by atoms with Crippen molar-refractivity contribution in [1.29, 1.82) is 0 Å². The van der Waals surface area contributed by atoms with Gasteiger partial charge in [0.2, 0.25) is 0 Å². The van der Waals surface area contributed by atoms with Crippen LogP contribution in [0.5, 0.6) is 0 Å². The predicted molar refractivity (Wildman–Crippen MR) is 121 cm³/mol. The fourth-order valence-electron chi connectivity index (χ4n) is 3.01. The van der Waals surface area contributed by atoms with E-state index in [0.717, 1.165) is 22.0 Å². The number of nitrogens with one attached hydrogen (secondary N) is 1. The molecule has 4 heterocycles. The summed E-state index contributed by atoms with van der Waals surface area (Å²) in [4.78, 5) is 45.6. The minimum absolute atomic E-state index is 0.157. The largest absolute Gasteiger partial charge is 0.469 e. The van der Waals surface area contributed by atoms with Crippen molar-refractivity contribution >= 4 is 56.6 Å². The summed E-state index contributed by atoms with van der Waals surface area (Å²) < 4.78 is 11.4. The monoisotopic (exact) mass is 491 g/mol. The quantitative estimate of drug-likeness (QED) is 0.306. The van der Waals surface area contributed by atoms with Crippen LogP contribution in [0, 0.1) is 0 Å². The number of hydrogen-bond acceptors (Lipinski definition) is 11. The van der Waals surface area contributed by atoms with Crippen LogP contribution in [0.1, 0.15) is 21.1 Å². The van der Waals surface area contributed by atoms with Gasteiger partial charge in [-0.2, -0.15) is 0 Å². The van der Waals surface area contributed by atoms with E-state index >= 15 is 0 Å². The van der Waals surface area contributed by atoms with Gasteiger partial charge >= 0.3 is 11.9 Å². The first kappa shape index (κ1) is 22.2. The van der Waals surface area contributed by atoms with E-state index in [0.29, 0.717) is 21.6 Å². The second kappa shape index (κ2) is 9.22. The van der Waals surface area contributed by atoms with Crippen LogP contribution in [0.3, 0.4) is 0 Å². The van der Waals surface area contributed by atoms with Crippen LogP contribution in [0.15, 0.2) is 27.5 Å². The fourth-order valence-corrected chi connectivity index (χ4v) is 5.67. The molecule has 0 saturated carbocycles. The number of H-pyrrole nitrogens is 1. The number of carbonyl (C=O) groups excluding carboxylic acids is 2. The van der Waals surface area contributed by atoms with Crippen LogP contribution in [-0.2, 0) is 33.5 Å². The van der Waals surface area contributed by atoms with Crippen LogP contribution in [0.2, 0.25) is 0 Å². The highest BCUT2D eigenvalue weighted by atomic mass is 32.2. The Kier molecular flexibility index (Phi) is 6.39. The Hall–Kier alpha value is -3.03. The number of thiophene rings is 2. The molecule has 0 unspecified atom stereocenters. The van der Waals surface area contributed by atoms with Gasteiger partial charge in [-0.1, -0.05) is 17.8 Å². The summed E-state index contributed by atoms with van der Waals surface area (Å²) >= 11 is 3.96. The van der Waals surface area contributed by atoms with Crippen LogP contribution in [-0.4, -0.2) is 50.9 Å². The van der Waals surface area contributed by atoms with Gasteiger partial charge in [-0.25, -0.2) is 9.78 Å². The van der Waals surface area contributed by atoms with Crippen LogP contribution >= 0.6 is 34.4 Å². The minimum atomic E-state index is -0.637. The third-order valence-corrected chi connectivity index (χ3v) is 7.55. The Balaban J connectivity index is 1.64. The number of methoxy groups -OCH3 is 2. The van der Waals surface area contributed by atoms with Crippen molar-refractivity contribution in [3.8, 4) is 10.7 Å². The summed E-state index contributed by atoms with van der Waals surface area (Å²) in [6.45, 7) is 0. The topological polar surface area (TPSA) is 129 Å². The molecule has 32 heavy (non-hydrogen) atoms. The average Bonchev–Trinajstić information content (AvgIpc) is 3.51. The first-order valence-corrected chi connectivity index (χ1v) is 11.9. The van der Waals surface area contributed by atoms with E-state index in [1.807, 2.05) is 29.1 Å². The van der Waals surface area contributed by atoms with E-state index in [1.54, 1.807) is 11.3 Å². The van der Waals surface area contributed by atoms with Gasteiger partial charge in [0.05, 0.1) is 36.7 Å². The lowest BCUT2D eigenvalue weighted by Crippen LogP contribution is -2.15. The number of thioether (sulfide) groups is 1. The van der Waals surface area contributed by atoms with Gasteiger partial charge in [0.1, 0.15) is 15.5 Å². The van der Waals surface area contributed by atoms with Gasteiger partial charge in [0, 0.05) is 12.6 Å². The van der Waals surface area contributed by atoms with Gasteiger partial charge in [-0.3, -0.25) is 9.59 Å². The van der Waals surface area contributed by atoms with Gasteiger partial charge in [0.25, 0.3) is 5.56 Å². The third-order valence-electron chi connectivity index (χ3n) is 4.54. The molecule has 0 fully saturated rings. The number of carbonyl (C=O) groups is 2. The zero-order chi connectivity index (χ0) is 22.8. The molecule has 0 aliphatic rings. The molecule has 1 N–H and O–H groups in total. The lowest BCUT2D eigenvalue weighted by molar-refractivity contribution is -0.139. The first-order valence-electron chi connectivity index (χ1n) is 9.18. The maximum atomic E-state index is 12.8. The highest BCUT2D eigenvalue weighted by Crippen LogP contribution is 2.31. The Morgan fingerprint density at radius 3 is 2.75 bits per heavy atom. The zero-order valence-electron chi connectivity index (χ0n) is 17.2. The SMILES string of the molecule is COC(=O)Cc1c(C(=O)OC)sc2nc(CSc3nnc(-c4cccs4)n3C)[nH]c(=O)c12. The van der Waals surface area contributed by atoms with Crippen LogP contribution < -0.4 is 5.56 Å². The van der Waals surface area contributed by atoms with E-state index in [9.17, 15) is 14.4 Å². The van der Waals surface area contributed by atoms with E-state index < -0.39 is 17.5 Å². The molecular formula is C19H17N5O5S3. The van der Waals surface area contributed by atoms with E-state index in [4.69, 9.17) is 9.47 Å². The molecule has 0 amide bonds. The summed E-state index contributed by atoms with van der Waals surface area (Å²) in [5, 5.41) is 11.3. The fraction of sp³-hybridized carbons (Fsp3) is 0.263. The van der Waals surface area contributed by atoms with Crippen molar-refractivity contribution in [3.05, 3.63) is 44.1 Å². The van der Waals surface area contributed by atoms with Crippen molar-refractivity contribution in [2.45, 2.75) is 17.3 Å². The van der Waals surface area contributed by atoms with Gasteiger partial charge < -0.3 is 19.0 Å². The molecule has 4 aromatic heterocycles. The average molecular weight is 492 g/mol. The van der Waals surface area contributed by atoms with Crippen LogP contribution in [0.4, 0.5) is 0 Å². The Bertz CT molecular complexity index is 1360. The number of fused-ring (bicyclic) bond motifs is 1. The maximum absolute atomic E-state index is 12.8. The molecule has 0 spiro atoms. The van der Waals surface area contributed by atoms with Gasteiger partial charge in [0.15, 0.2) is 11.0 Å². The normalized spacial score (nSPS) is 11.1. The van der Waals surface area contributed by atoms with E-state index in [1.165, 1.54) is 26.0 Å². The molecule has 0 aliphatic carbocycles. The lowest BCUT2D eigenvalue weighted by atomic mass is 10.1. The number of aromatic nitrogens is 5. The second-order valence-corrected chi connectivity index (χ2v) is 9.37. The minimum Gasteiger partial charge on any atom is -0.469 e. The molecular weight excluding hydrogens is 474 g/mol. The molecule has 0 radical (unpaired) electrons. The highest BCUT2D eigenvalue weighted by Gasteiger charge is 2.25. The van der Waals surface area contributed by atoms with Crippen molar-refractivity contribution in [1.82, 2.24) is 24.7 Å².